The first-order valence-corrected chi connectivity index (χ1v) is 9.19. The molecule has 0 saturated heterocycles. The van der Waals surface area contributed by atoms with E-state index < -0.39 is 0 Å². The second-order valence-corrected chi connectivity index (χ2v) is 9.26. The third-order valence-electron chi connectivity index (χ3n) is 4.33. The molecule has 2 unspecified atom stereocenters. The van der Waals surface area contributed by atoms with Gasteiger partial charge in [-0.25, -0.2) is 0 Å². The molecule has 2 rings (SSSR count). The lowest BCUT2D eigenvalue weighted by molar-refractivity contribution is 0.227. The fourth-order valence-corrected chi connectivity index (χ4v) is 4.83. The minimum absolute atomic E-state index is 0.209. The fraction of sp³-hybridized carbons (Fsp3) is 0.684. The quantitative estimate of drug-likeness (QED) is 0.766. The molecular weight excluding hydrogens is 274 g/mol. The summed E-state index contributed by atoms with van der Waals surface area (Å²) in [6.45, 7) is 12.7. The van der Waals surface area contributed by atoms with Crippen molar-refractivity contribution in [1.29, 1.82) is 0 Å². The van der Waals surface area contributed by atoms with E-state index in [4.69, 9.17) is 0 Å². The van der Waals surface area contributed by atoms with E-state index in [1.54, 1.807) is 5.56 Å². The number of rotatable bonds is 6. The van der Waals surface area contributed by atoms with Gasteiger partial charge in [-0.2, -0.15) is 0 Å². The molecule has 1 N–H and O–H groups in total. The van der Waals surface area contributed by atoms with Crippen LogP contribution in [-0.2, 0) is 6.42 Å². The first-order chi connectivity index (χ1) is 9.81. The van der Waals surface area contributed by atoms with Crippen molar-refractivity contribution in [2.45, 2.75) is 76.0 Å². The lowest BCUT2D eigenvalue weighted by Gasteiger charge is -2.35. The minimum atomic E-state index is 0.209. The molecule has 0 aliphatic carbocycles. The van der Waals surface area contributed by atoms with Gasteiger partial charge in [0.05, 0.1) is 0 Å². The van der Waals surface area contributed by atoms with Crippen LogP contribution >= 0.6 is 11.8 Å². The molecule has 0 spiro atoms. The van der Waals surface area contributed by atoms with Crippen LogP contribution in [0.5, 0.6) is 0 Å². The van der Waals surface area contributed by atoms with Crippen LogP contribution in [-0.4, -0.2) is 17.3 Å². The van der Waals surface area contributed by atoms with Crippen molar-refractivity contribution < 1.29 is 0 Å². The highest BCUT2D eigenvalue weighted by Crippen LogP contribution is 2.43. The average molecular weight is 306 g/mol. The highest BCUT2D eigenvalue weighted by atomic mass is 32.2. The van der Waals surface area contributed by atoms with E-state index in [0.717, 1.165) is 11.8 Å². The maximum Gasteiger partial charge on any atom is 0.0141 e. The zero-order chi connectivity index (χ0) is 15.5. The van der Waals surface area contributed by atoms with Gasteiger partial charge in [0.1, 0.15) is 0 Å². The monoisotopic (exact) mass is 305 g/mol. The number of hydrogen-bond donors (Lipinski definition) is 1. The number of fused-ring (bicyclic) bond motifs is 1. The summed E-state index contributed by atoms with van der Waals surface area (Å²) < 4.78 is 0. The summed E-state index contributed by atoms with van der Waals surface area (Å²) in [7, 11) is 0. The number of thioether (sulfide) groups is 1. The lowest BCUT2D eigenvalue weighted by atomic mass is 9.79. The predicted octanol–water partition coefficient (Wildman–Crippen LogP) is 5.29. The molecule has 1 heterocycles. The second-order valence-electron chi connectivity index (χ2n) is 7.92. The van der Waals surface area contributed by atoms with Crippen LogP contribution in [0.3, 0.4) is 0 Å². The maximum atomic E-state index is 3.73. The SMILES string of the molecule is CCCC(C)(CNC(C)(C)C)CC1Cc2ccccc2S1. The highest BCUT2D eigenvalue weighted by molar-refractivity contribution is 8.00. The van der Waals surface area contributed by atoms with Gasteiger partial charge in [0, 0.05) is 22.2 Å². The minimum Gasteiger partial charge on any atom is -0.312 e. The van der Waals surface area contributed by atoms with Crippen molar-refractivity contribution in [3.63, 3.8) is 0 Å². The molecule has 0 radical (unpaired) electrons. The van der Waals surface area contributed by atoms with Gasteiger partial charge in [0.25, 0.3) is 0 Å². The van der Waals surface area contributed by atoms with Crippen LogP contribution in [0.25, 0.3) is 0 Å². The van der Waals surface area contributed by atoms with Gasteiger partial charge >= 0.3 is 0 Å². The Morgan fingerprint density at radius 2 is 1.90 bits per heavy atom. The largest absolute Gasteiger partial charge is 0.312 e. The Bertz CT molecular complexity index is 438. The van der Waals surface area contributed by atoms with E-state index in [0.29, 0.717) is 5.41 Å². The normalized spacial score (nSPS) is 21.1. The summed E-state index contributed by atoms with van der Waals surface area (Å²) in [6, 6.07) is 8.92. The molecule has 118 valence electrons. The molecule has 1 aromatic rings. The van der Waals surface area contributed by atoms with Crippen LogP contribution in [0.2, 0.25) is 0 Å². The van der Waals surface area contributed by atoms with Crippen molar-refractivity contribution in [1.82, 2.24) is 5.32 Å². The zero-order valence-corrected chi connectivity index (χ0v) is 15.1. The van der Waals surface area contributed by atoms with Gasteiger partial charge in [-0.15, -0.1) is 11.8 Å². The molecule has 1 aliphatic heterocycles. The summed E-state index contributed by atoms with van der Waals surface area (Å²) in [5, 5.41) is 4.48. The Balaban J connectivity index is 1.97. The molecule has 2 heteroatoms. The topological polar surface area (TPSA) is 12.0 Å². The molecule has 0 amide bonds. The summed E-state index contributed by atoms with van der Waals surface area (Å²) in [5.74, 6) is 0. The van der Waals surface area contributed by atoms with Crippen molar-refractivity contribution in [2.24, 2.45) is 5.41 Å². The van der Waals surface area contributed by atoms with Gasteiger partial charge in [-0.05, 0) is 57.1 Å². The first-order valence-electron chi connectivity index (χ1n) is 8.31. The first kappa shape index (κ1) is 16.9. The molecule has 0 aromatic heterocycles. The van der Waals surface area contributed by atoms with Crippen molar-refractivity contribution in [2.75, 3.05) is 6.54 Å². The van der Waals surface area contributed by atoms with Crippen molar-refractivity contribution in [3.8, 4) is 0 Å². The molecule has 0 bridgehead atoms. The fourth-order valence-electron chi connectivity index (χ4n) is 3.26. The standard InChI is InChI=1S/C19H31NS/c1-6-11-19(5,14-20-18(2,3)4)13-16-12-15-9-7-8-10-17(15)21-16/h7-10,16,20H,6,11-14H2,1-5H3. The maximum absolute atomic E-state index is 3.73. The molecule has 1 aromatic carbocycles. The average Bonchev–Trinajstić information content (AvgIpc) is 2.78. The summed E-state index contributed by atoms with van der Waals surface area (Å²) in [4.78, 5) is 1.50. The third kappa shape index (κ3) is 5.03. The predicted molar refractivity (Wildman–Crippen MR) is 95.2 cm³/mol. The Kier molecular flexibility index (Phi) is 5.43. The third-order valence-corrected chi connectivity index (χ3v) is 5.65. The van der Waals surface area contributed by atoms with Crippen LogP contribution in [0.1, 0.15) is 59.4 Å². The second kappa shape index (κ2) is 6.75. The Hall–Kier alpha value is -0.470. The molecule has 1 aliphatic rings. The Labute approximate surface area is 135 Å². The highest BCUT2D eigenvalue weighted by Gasteiger charge is 2.32. The molecule has 21 heavy (non-hydrogen) atoms. The Morgan fingerprint density at radius 3 is 2.52 bits per heavy atom. The summed E-state index contributed by atoms with van der Waals surface area (Å²) in [5.41, 5.74) is 2.16. The van der Waals surface area contributed by atoms with Crippen LogP contribution in [0.15, 0.2) is 29.2 Å². The van der Waals surface area contributed by atoms with E-state index >= 15 is 0 Å². The van der Waals surface area contributed by atoms with Gasteiger partial charge in [-0.3, -0.25) is 0 Å². The molecule has 1 nitrogen and oxygen atoms in total. The number of benzene rings is 1. The van der Waals surface area contributed by atoms with Crippen molar-refractivity contribution in [3.05, 3.63) is 29.8 Å². The van der Waals surface area contributed by atoms with Crippen LogP contribution in [0.4, 0.5) is 0 Å². The van der Waals surface area contributed by atoms with Crippen LogP contribution in [0, 0.1) is 5.41 Å². The smallest absolute Gasteiger partial charge is 0.0141 e. The van der Waals surface area contributed by atoms with Gasteiger partial charge in [-0.1, -0.05) is 38.5 Å². The van der Waals surface area contributed by atoms with Crippen molar-refractivity contribution >= 4 is 11.8 Å². The van der Waals surface area contributed by atoms with Crippen LogP contribution < -0.4 is 5.32 Å². The Morgan fingerprint density at radius 1 is 1.19 bits per heavy atom. The van der Waals surface area contributed by atoms with E-state index in [1.165, 1.54) is 30.6 Å². The van der Waals surface area contributed by atoms with E-state index in [-0.39, 0.29) is 5.54 Å². The zero-order valence-electron chi connectivity index (χ0n) is 14.3. The van der Waals surface area contributed by atoms with Gasteiger partial charge in [0.15, 0.2) is 0 Å². The molecular formula is C19H31NS. The number of nitrogens with one attached hydrogen (secondary N) is 1. The van der Waals surface area contributed by atoms with Gasteiger partial charge < -0.3 is 5.32 Å². The molecule has 0 fully saturated rings. The van der Waals surface area contributed by atoms with Gasteiger partial charge in [0.2, 0.25) is 0 Å². The number of hydrogen-bond acceptors (Lipinski definition) is 2. The molecule has 2 atom stereocenters. The molecule has 0 saturated carbocycles. The summed E-state index contributed by atoms with van der Waals surface area (Å²) in [6.07, 6.45) is 5.13. The van der Waals surface area contributed by atoms with E-state index in [1.807, 2.05) is 0 Å². The van der Waals surface area contributed by atoms with E-state index in [2.05, 4.69) is 76.0 Å². The summed E-state index contributed by atoms with van der Waals surface area (Å²) >= 11 is 2.09. The van der Waals surface area contributed by atoms with E-state index in [9.17, 15) is 0 Å². The lowest BCUT2D eigenvalue weighted by Crippen LogP contribution is -2.43.